The molecule has 6 heteroatoms. The van der Waals surface area contributed by atoms with E-state index in [1.165, 1.54) is 6.07 Å². The zero-order chi connectivity index (χ0) is 19.4. The number of benzene rings is 2. The summed E-state index contributed by atoms with van der Waals surface area (Å²) < 4.78 is 53.5. The van der Waals surface area contributed by atoms with E-state index in [2.05, 4.69) is 4.90 Å². The van der Waals surface area contributed by atoms with Crippen LogP contribution in [0.3, 0.4) is 0 Å². The van der Waals surface area contributed by atoms with Crippen LogP contribution in [0.25, 0.3) is 0 Å². The van der Waals surface area contributed by atoms with Crippen LogP contribution in [0, 0.1) is 23.3 Å². The summed E-state index contributed by atoms with van der Waals surface area (Å²) in [5.74, 6) is -2.96. The smallest absolute Gasteiger partial charge is 0.161 e. The number of halogens is 4. The van der Waals surface area contributed by atoms with Crippen LogP contribution in [0.4, 0.5) is 17.6 Å². The van der Waals surface area contributed by atoms with Crippen molar-refractivity contribution in [2.24, 2.45) is 5.73 Å². The van der Waals surface area contributed by atoms with Crippen molar-refractivity contribution in [2.75, 3.05) is 19.6 Å². The second-order valence-corrected chi connectivity index (χ2v) is 7.31. The highest BCUT2D eigenvalue weighted by Crippen LogP contribution is 2.27. The van der Waals surface area contributed by atoms with Crippen molar-refractivity contribution in [3.63, 3.8) is 0 Å². The molecule has 2 aromatic carbocycles. The van der Waals surface area contributed by atoms with E-state index in [1.807, 2.05) is 6.07 Å². The monoisotopic (exact) mass is 380 g/mol. The molecule has 1 aliphatic rings. The van der Waals surface area contributed by atoms with Crippen molar-refractivity contribution in [1.29, 1.82) is 0 Å². The zero-order valence-corrected chi connectivity index (χ0v) is 15.1. The molecule has 2 nitrogen and oxygen atoms in total. The van der Waals surface area contributed by atoms with Crippen molar-refractivity contribution < 1.29 is 17.6 Å². The van der Waals surface area contributed by atoms with Gasteiger partial charge in [-0.05, 0) is 74.0 Å². The Morgan fingerprint density at radius 3 is 2.59 bits per heavy atom. The highest BCUT2D eigenvalue weighted by atomic mass is 19.2. The minimum absolute atomic E-state index is 0.0951. The van der Waals surface area contributed by atoms with E-state index in [1.54, 1.807) is 12.1 Å². The van der Waals surface area contributed by atoms with Crippen molar-refractivity contribution in [1.82, 2.24) is 4.90 Å². The third-order valence-electron chi connectivity index (χ3n) is 5.21. The van der Waals surface area contributed by atoms with Crippen LogP contribution >= 0.6 is 0 Å². The summed E-state index contributed by atoms with van der Waals surface area (Å²) in [4.78, 5) is 2.28. The maximum absolute atomic E-state index is 13.8. The van der Waals surface area contributed by atoms with Gasteiger partial charge in [-0.2, -0.15) is 0 Å². The van der Waals surface area contributed by atoms with Gasteiger partial charge in [0.1, 0.15) is 11.6 Å². The Morgan fingerprint density at radius 1 is 1.04 bits per heavy atom. The number of piperidine rings is 1. The van der Waals surface area contributed by atoms with Crippen molar-refractivity contribution in [2.45, 2.75) is 37.6 Å². The molecule has 0 aliphatic carbocycles. The quantitative estimate of drug-likeness (QED) is 0.595. The Bertz CT molecular complexity index is 781. The molecule has 0 radical (unpaired) electrons. The lowest BCUT2D eigenvalue weighted by Crippen LogP contribution is -2.38. The van der Waals surface area contributed by atoms with Gasteiger partial charge in [0.2, 0.25) is 0 Å². The topological polar surface area (TPSA) is 29.3 Å². The number of nitrogens with two attached hydrogens (primary N) is 1. The summed E-state index contributed by atoms with van der Waals surface area (Å²) in [7, 11) is 0. The number of rotatable bonds is 6. The molecule has 0 saturated carbocycles. The average molecular weight is 380 g/mol. The van der Waals surface area contributed by atoms with E-state index >= 15 is 0 Å². The van der Waals surface area contributed by atoms with Crippen LogP contribution in [0.2, 0.25) is 0 Å². The molecule has 0 aromatic heterocycles. The standard InChI is InChI=1S/C21H24F4N2/c22-17-5-1-3-14(9-17)15-4-2-7-27(13-15)8-6-18(26)10-16-11-20(24)21(25)12-19(16)23/h1,3,5,9,11-12,15,18H,2,4,6-8,10,13,26H2/t15?,18-/m0/s1. The lowest BCUT2D eigenvalue weighted by Gasteiger charge is -2.33. The van der Waals surface area contributed by atoms with Crippen LogP contribution in [-0.4, -0.2) is 30.6 Å². The van der Waals surface area contributed by atoms with Crippen molar-refractivity contribution in [3.8, 4) is 0 Å². The highest BCUT2D eigenvalue weighted by molar-refractivity contribution is 5.22. The van der Waals surface area contributed by atoms with Crippen LogP contribution < -0.4 is 5.73 Å². The summed E-state index contributed by atoms with van der Waals surface area (Å²) >= 11 is 0. The summed E-state index contributed by atoms with van der Waals surface area (Å²) in [6.45, 7) is 2.51. The Kier molecular flexibility index (Phi) is 6.50. The zero-order valence-electron chi connectivity index (χ0n) is 15.1. The van der Waals surface area contributed by atoms with Crippen LogP contribution in [0.1, 0.15) is 36.3 Å². The van der Waals surface area contributed by atoms with E-state index in [4.69, 9.17) is 5.73 Å². The molecular weight excluding hydrogens is 356 g/mol. The first-order chi connectivity index (χ1) is 12.9. The molecule has 3 rings (SSSR count). The molecule has 2 atom stereocenters. The average Bonchev–Trinajstić information content (AvgIpc) is 2.65. The van der Waals surface area contributed by atoms with Gasteiger partial charge in [-0.3, -0.25) is 0 Å². The molecule has 1 heterocycles. The fourth-order valence-corrected chi connectivity index (χ4v) is 3.74. The van der Waals surface area contributed by atoms with Gasteiger partial charge >= 0.3 is 0 Å². The molecule has 1 fully saturated rings. The predicted octanol–water partition coefficient (Wildman–Crippen LogP) is 4.38. The number of hydrogen-bond acceptors (Lipinski definition) is 2. The molecule has 0 amide bonds. The van der Waals surface area contributed by atoms with Gasteiger partial charge in [0.15, 0.2) is 11.6 Å². The molecule has 1 aliphatic heterocycles. The Balaban J connectivity index is 1.53. The third kappa shape index (κ3) is 5.30. The van der Waals surface area contributed by atoms with Crippen LogP contribution in [0.5, 0.6) is 0 Å². The van der Waals surface area contributed by atoms with Crippen molar-refractivity contribution >= 4 is 0 Å². The molecule has 27 heavy (non-hydrogen) atoms. The van der Waals surface area contributed by atoms with Gasteiger partial charge in [0, 0.05) is 18.7 Å². The highest BCUT2D eigenvalue weighted by Gasteiger charge is 2.22. The fraction of sp³-hybridized carbons (Fsp3) is 0.429. The lowest BCUT2D eigenvalue weighted by molar-refractivity contribution is 0.201. The first-order valence-corrected chi connectivity index (χ1v) is 9.29. The summed E-state index contributed by atoms with van der Waals surface area (Å²) in [5, 5.41) is 0. The van der Waals surface area contributed by atoms with Crippen LogP contribution in [-0.2, 0) is 6.42 Å². The van der Waals surface area contributed by atoms with E-state index in [-0.39, 0.29) is 29.8 Å². The Labute approximate surface area is 157 Å². The second kappa shape index (κ2) is 8.85. The SMILES string of the molecule is N[C@@H](CCN1CCCC(c2cccc(F)c2)C1)Cc1cc(F)c(F)cc1F. The van der Waals surface area contributed by atoms with Gasteiger partial charge in [0.05, 0.1) is 0 Å². The molecule has 1 saturated heterocycles. The van der Waals surface area contributed by atoms with E-state index in [9.17, 15) is 17.6 Å². The Morgan fingerprint density at radius 2 is 1.81 bits per heavy atom. The summed E-state index contributed by atoms with van der Waals surface area (Å²) in [6, 6.07) is 7.81. The molecule has 1 unspecified atom stereocenters. The van der Waals surface area contributed by atoms with Gasteiger partial charge in [-0.25, -0.2) is 17.6 Å². The molecule has 0 spiro atoms. The summed E-state index contributed by atoms with van der Waals surface area (Å²) in [5.41, 5.74) is 7.19. The number of likely N-dealkylation sites (tertiary alicyclic amines) is 1. The maximum atomic E-state index is 13.8. The van der Waals surface area contributed by atoms with E-state index < -0.39 is 17.5 Å². The normalized spacial score (nSPS) is 19.2. The van der Waals surface area contributed by atoms with Gasteiger partial charge in [-0.15, -0.1) is 0 Å². The maximum Gasteiger partial charge on any atom is 0.161 e. The van der Waals surface area contributed by atoms with Crippen LogP contribution in [0.15, 0.2) is 36.4 Å². The Hall–Kier alpha value is -1.92. The van der Waals surface area contributed by atoms with Crippen molar-refractivity contribution in [3.05, 3.63) is 70.8 Å². The number of nitrogens with zero attached hydrogens (tertiary/aromatic N) is 1. The lowest BCUT2D eigenvalue weighted by atomic mass is 9.90. The number of hydrogen-bond donors (Lipinski definition) is 1. The predicted molar refractivity (Wildman–Crippen MR) is 97.4 cm³/mol. The van der Waals surface area contributed by atoms with Gasteiger partial charge in [0.25, 0.3) is 0 Å². The second-order valence-electron chi connectivity index (χ2n) is 7.31. The molecule has 2 N–H and O–H groups in total. The minimum atomic E-state index is -1.19. The fourth-order valence-electron chi connectivity index (χ4n) is 3.74. The van der Waals surface area contributed by atoms with E-state index in [0.717, 1.165) is 44.1 Å². The first-order valence-electron chi connectivity index (χ1n) is 9.29. The largest absolute Gasteiger partial charge is 0.327 e. The first kappa shape index (κ1) is 19.8. The van der Waals surface area contributed by atoms with Gasteiger partial charge in [-0.1, -0.05) is 12.1 Å². The van der Waals surface area contributed by atoms with E-state index in [0.29, 0.717) is 12.5 Å². The molecule has 146 valence electrons. The summed E-state index contributed by atoms with van der Waals surface area (Å²) in [6.07, 6.45) is 2.82. The minimum Gasteiger partial charge on any atom is -0.327 e. The molecular formula is C21H24F4N2. The van der Waals surface area contributed by atoms with Gasteiger partial charge < -0.3 is 10.6 Å². The third-order valence-corrected chi connectivity index (χ3v) is 5.21. The molecule has 2 aromatic rings. The molecule has 0 bridgehead atoms.